The van der Waals surface area contributed by atoms with E-state index in [0.29, 0.717) is 36.5 Å². The van der Waals surface area contributed by atoms with Gasteiger partial charge in [-0.25, -0.2) is 0 Å². The van der Waals surface area contributed by atoms with E-state index in [1.165, 1.54) is 19.3 Å². The molecule has 24 heavy (non-hydrogen) atoms. The number of carbonyl (C=O) groups is 1. The van der Waals surface area contributed by atoms with Crippen molar-refractivity contribution in [3.63, 3.8) is 0 Å². The number of ketones is 1. The molecular formula is C21H32O3. The molecule has 0 amide bonds. The van der Waals surface area contributed by atoms with Gasteiger partial charge in [0.2, 0.25) is 0 Å². The van der Waals surface area contributed by atoms with Gasteiger partial charge in [0.1, 0.15) is 5.60 Å². The maximum atomic E-state index is 13.0. The van der Waals surface area contributed by atoms with Crippen LogP contribution in [0.2, 0.25) is 0 Å². The van der Waals surface area contributed by atoms with E-state index in [4.69, 9.17) is 0 Å². The third kappa shape index (κ3) is 1.89. The minimum absolute atomic E-state index is 0.00342. The van der Waals surface area contributed by atoms with Gasteiger partial charge in [0, 0.05) is 18.3 Å². The Bertz CT molecular complexity index is 571. The molecule has 0 aromatic rings. The van der Waals surface area contributed by atoms with Crippen LogP contribution in [0.25, 0.3) is 0 Å². The molecule has 4 saturated carbocycles. The van der Waals surface area contributed by atoms with Gasteiger partial charge in [-0.3, -0.25) is 4.79 Å². The summed E-state index contributed by atoms with van der Waals surface area (Å²) in [5, 5.41) is 21.4. The Morgan fingerprint density at radius 3 is 2.58 bits per heavy atom. The molecule has 2 N–H and O–H groups in total. The molecule has 4 aliphatic carbocycles. The summed E-state index contributed by atoms with van der Waals surface area (Å²) in [6, 6.07) is 0. The fourth-order valence-corrected chi connectivity index (χ4v) is 7.45. The summed E-state index contributed by atoms with van der Waals surface area (Å²) in [5.41, 5.74) is -1.39. The standard InChI is InChI=1S/C21H32O3/c1-4-13-5-6-16-15-11-18(23)21(24)12-14(22)7-10-20(21,3)17(15)8-9-19(13,16)2/h4,13-17,22,24H,1,5-12H2,2-3H3/t13-,14-,15-,16+,17-,19+,20+,21+/m0/s1. The largest absolute Gasteiger partial charge is 0.393 e. The lowest BCUT2D eigenvalue weighted by Gasteiger charge is -2.62. The monoisotopic (exact) mass is 332 g/mol. The van der Waals surface area contributed by atoms with Crippen LogP contribution in [0, 0.1) is 34.5 Å². The number of Topliss-reactive ketones (excluding diaryl/α,β-unsaturated/α-hetero) is 1. The van der Waals surface area contributed by atoms with Gasteiger partial charge in [0.05, 0.1) is 6.10 Å². The third-order valence-electron chi connectivity index (χ3n) is 8.97. The molecule has 0 spiro atoms. The summed E-state index contributed by atoms with van der Waals surface area (Å²) < 4.78 is 0. The molecule has 0 aromatic heterocycles. The Balaban J connectivity index is 1.72. The van der Waals surface area contributed by atoms with Crippen LogP contribution in [0.1, 0.15) is 65.2 Å². The van der Waals surface area contributed by atoms with Crippen LogP contribution in [-0.2, 0) is 4.79 Å². The van der Waals surface area contributed by atoms with Crippen LogP contribution in [0.3, 0.4) is 0 Å². The number of fused-ring (bicyclic) bond motifs is 5. The van der Waals surface area contributed by atoms with Gasteiger partial charge >= 0.3 is 0 Å². The maximum Gasteiger partial charge on any atom is 0.165 e. The minimum atomic E-state index is -1.31. The first-order valence-electron chi connectivity index (χ1n) is 9.82. The van der Waals surface area contributed by atoms with E-state index < -0.39 is 11.7 Å². The zero-order valence-corrected chi connectivity index (χ0v) is 15.1. The summed E-state index contributed by atoms with van der Waals surface area (Å²) >= 11 is 0. The van der Waals surface area contributed by atoms with E-state index >= 15 is 0 Å². The van der Waals surface area contributed by atoms with Crippen molar-refractivity contribution < 1.29 is 15.0 Å². The van der Waals surface area contributed by atoms with E-state index in [-0.39, 0.29) is 23.0 Å². The second-order valence-corrected chi connectivity index (χ2v) is 9.64. The fourth-order valence-electron chi connectivity index (χ4n) is 7.45. The molecule has 0 unspecified atom stereocenters. The molecule has 4 fully saturated rings. The minimum Gasteiger partial charge on any atom is -0.393 e. The maximum absolute atomic E-state index is 13.0. The molecule has 8 atom stereocenters. The second-order valence-electron chi connectivity index (χ2n) is 9.64. The van der Waals surface area contributed by atoms with Gasteiger partial charge < -0.3 is 10.2 Å². The van der Waals surface area contributed by atoms with Crippen molar-refractivity contribution in [2.45, 2.75) is 76.9 Å². The number of rotatable bonds is 1. The first-order valence-corrected chi connectivity index (χ1v) is 9.82. The molecule has 134 valence electrons. The molecule has 4 rings (SSSR count). The lowest BCUT2D eigenvalue weighted by molar-refractivity contribution is -0.212. The lowest BCUT2D eigenvalue weighted by atomic mass is 9.43. The highest BCUT2D eigenvalue weighted by Crippen LogP contribution is 2.67. The molecule has 4 aliphatic rings. The molecule has 0 aromatic carbocycles. The number of allylic oxidation sites excluding steroid dienone is 1. The van der Waals surface area contributed by atoms with Crippen molar-refractivity contribution in [2.75, 3.05) is 0 Å². The van der Waals surface area contributed by atoms with E-state index in [9.17, 15) is 15.0 Å². The highest BCUT2D eigenvalue weighted by molar-refractivity contribution is 5.89. The summed E-state index contributed by atoms with van der Waals surface area (Å²) in [4.78, 5) is 13.0. The number of aliphatic hydroxyl groups excluding tert-OH is 1. The van der Waals surface area contributed by atoms with Gasteiger partial charge in [-0.05, 0) is 67.6 Å². The van der Waals surface area contributed by atoms with Gasteiger partial charge in [-0.1, -0.05) is 19.9 Å². The molecule has 0 saturated heterocycles. The Kier molecular flexibility index (Phi) is 3.61. The first kappa shape index (κ1) is 16.8. The summed E-state index contributed by atoms with van der Waals surface area (Å²) in [7, 11) is 0. The van der Waals surface area contributed by atoms with E-state index in [1.807, 2.05) is 0 Å². The Morgan fingerprint density at radius 1 is 1.12 bits per heavy atom. The summed E-state index contributed by atoms with van der Waals surface area (Å²) in [5.74, 6) is 1.96. The SMILES string of the molecule is C=C[C@H]1CC[C@@H]2[C@@H]3CC(=O)[C@]4(O)C[C@@H](O)CC[C@]4(C)[C@H]3CC[C@@]21C. The fraction of sp³-hybridized carbons (Fsp3) is 0.857. The topological polar surface area (TPSA) is 57.5 Å². The Hall–Kier alpha value is -0.670. The molecular weight excluding hydrogens is 300 g/mol. The predicted octanol–water partition coefficient (Wildman–Crippen LogP) is 3.49. The quantitative estimate of drug-likeness (QED) is 0.723. The van der Waals surface area contributed by atoms with Crippen molar-refractivity contribution in [3.8, 4) is 0 Å². The highest BCUT2D eigenvalue weighted by Gasteiger charge is 2.67. The number of hydrogen-bond donors (Lipinski definition) is 2. The first-order chi connectivity index (χ1) is 11.3. The van der Waals surface area contributed by atoms with Gasteiger partial charge in [-0.2, -0.15) is 0 Å². The lowest BCUT2D eigenvalue weighted by Crippen LogP contribution is -2.67. The van der Waals surface area contributed by atoms with Crippen LogP contribution in [-0.4, -0.2) is 27.7 Å². The van der Waals surface area contributed by atoms with Crippen LogP contribution >= 0.6 is 0 Å². The van der Waals surface area contributed by atoms with Gasteiger partial charge in [0.15, 0.2) is 5.78 Å². The molecule has 3 heteroatoms. The molecule has 0 heterocycles. The van der Waals surface area contributed by atoms with Crippen LogP contribution in [0.4, 0.5) is 0 Å². The summed E-state index contributed by atoms with van der Waals surface area (Å²) in [6.45, 7) is 8.61. The van der Waals surface area contributed by atoms with Gasteiger partial charge in [0.25, 0.3) is 0 Å². The third-order valence-corrected chi connectivity index (χ3v) is 8.97. The van der Waals surface area contributed by atoms with Crippen LogP contribution in [0.15, 0.2) is 12.7 Å². The predicted molar refractivity (Wildman–Crippen MR) is 93.3 cm³/mol. The molecule has 0 bridgehead atoms. The van der Waals surface area contributed by atoms with Crippen molar-refractivity contribution in [3.05, 3.63) is 12.7 Å². The normalized spacial score (nSPS) is 57.0. The van der Waals surface area contributed by atoms with Crippen molar-refractivity contribution in [1.29, 1.82) is 0 Å². The number of carbonyl (C=O) groups excluding carboxylic acids is 1. The van der Waals surface area contributed by atoms with Gasteiger partial charge in [-0.15, -0.1) is 6.58 Å². The Labute approximate surface area is 145 Å². The molecule has 3 nitrogen and oxygen atoms in total. The smallest absolute Gasteiger partial charge is 0.165 e. The average Bonchev–Trinajstić information content (AvgIpc) is 2.87. The zero-order valence-electron chi connectivity index (χ0n) is 15.1. The number of aliphatic hydroxyl groups is 2. The van der Waals surface area contributed by atoms with E-state index in [0.717, 1.165) is 12.8 Å². The second kappa shape index (κ2) is 5.17. The van der Waals surface area contributed by atoms with Crippen molar-refractivity contribution in [2.24, 2.45) is 34.5 Å². The Morgan fingerprint density at radius 2 is 1.88 bits per heavy atom. The highest BCUT2D eigenvalue weighted by atomic mass is 16.3. The number of hydrogen-bond acceptors (Lipinski definition) is 3. The zero-order chi connectivity index (χ0) is 17.3. The van der Waals surface area contributed by atoms with Crippen molar-refractivity contribution >= 4 is 5.78 Å². The molecule has 0 radical (unpaired) electrons. The van der Waals surface area contributed by atoms with E-state index in [1.54, 1.807) is 0 Å². The summed E-state index contributed by atoms with van der Waals surface area (Å²) in [6.07, 6.45) is 8.51. The van der Waals surface area contributed by atoms with E-state index in [2.05, 4.69) is 26.5 Å². The van der Waals surface area contributed by atoms with Crippen molar-refractivity contribution in [1.82, 2.24) is 0 Å². The molecule has 0 aliphatic heterocycles. The average molecular weight is 332 g/mol. The van der Waals surface area contributed by atoms with Crippen LogP contribution < -0.4 is 0 Å². The van der Waals surface area contributed by atoms with Crippen LogP contribution in [0.5, 0.6) is 0 Å².